The van der Waals surface area contributed by atoms with Crippen molar-refractivity contribution in [2.45, 2.75) is 13.0 Å². The minimum atomic E-state index is -0.747. The zero-order valence-corrected chi connectivity index (χ0v) is 17.4. The van der Waals surface area contributed by atoms with E-state index in [4.69, 9.17) is 4.42 Å². The molecule has 0 saturated carbocycles. The van der Waals surface area contributed by atoms with Crippen LogP contribution < -0.4 is 10.3 Å². The van der Waals surface area contributed by atoms with Gasteiger partial charge in [-0.2, -0.15) is 0 Å². The standard InChI is InChI=1S/C21H12BrFN2O3S/c1-10-9-29-21(24-10)25-17(11-2-5-13(23)6-3-11)16-18(26)14-8-12(22)4-7-15(14)28-19(16)20(25)27/h2-9,17H,1H3/t17-/m1/s1. The normalized spacial score (nSPS) is 15.9. The molecular weight excluding hydrogens is 459 g/mol. The Morgan fingerprint density at radius 3 is 2.62 bits per heavy atom. The van der Waals surface area contributed by atoms with E-state index in [9.17, 15) is 14.0 Å². The van der Waals surface area contributed by atoms with Gasteiger partial charge >= 0.3 is 0 Å². The number of rotatable bonds is 2. The molecule has 0 spiro atoms. The molecule has 0 saturated heterocycles. The third-order valence-electron chi connectivity index (χ3n) is 4.83. The second-order valence-electron chi connectivity index (χ2n) is 6.72. The number of aromatic nitrogens is 1. The molecule has 0 unspecified atom stereocenters. The summed E-state index contributed by atoms with van der Waals surface area (Å²) in [5, 5.41) is 2.66. The molecule has 29 heavy (non-hydrogen) atoms. The number of halogens is 2. The van der Waals surface area contributed by atoms with E-state index >= 15 is 0 Å². The number of anilines is 1. The summed E-state index contributed by atoms with van der Waals surface area (Å²) in [6.07, 6.45) is 0. The van der Waals surface area contributed by atoms with Crippen LogP contribution in [0.3, 0.4) is 0 Å². The van der Waals surface area contributed by atoms with Crippen LogP contribution in [0, 0.1) is 12.7 Å². The summed E-state index contributed by atoms with van der Waals surface area (Å²) in [7, 11) is 0. The first-order chi connectivity index (χ1) is 13.9. The lowest BCUT2D eigenvalue weighted by atomic mass is 9.99. The molecule has 1 aliphatic rings. The van der Waals surface area contributed by atoms with Crippen molar-refractivity contribution >= 4 is 49.3 Å². The van der Waals surface area contributed by atoms with Crippen molar-refractivity contribution in [3.63, 3.8) is 0 Å². The van der Waals surface area contributed by atoms with Crippen molar-refractivity contribution < 1.29 is 13.6 Å². The van der Waals surface area contributed by atoms with Gasteiger partial charge in [0.15, 0.2) is 10.6 Å². The second kappa shape index (κ2) is 6.60. The van der Waals surface area contributed by atoms with Crippen LogP contribution >= 0.6 is 27.3 Å². The van der Waals surface area contributed by atoms with E-state index in [2.05, 4.69) is 20.9 Å². The van der Waals surface area contributed by atoms with Gasteiger partial charge in [-0.25, -0.2) is 9.37 Å². The highest BCUT2D eigenvalue weighted by atomic mass is 79.9. The van der Waals surface area contributed by atoms with Gasteiger partial charge in [0.25, 0.3) is 5.91 Å². The number of carbonyl (C=O) groups is 1. The monoisotopic (exact) mass is 470 g/mol. The first-order valence-electron chi connectivity index (χ1n) is 8.71. The van der Waals surface area contributed by atoms with Crippen molar-refractivity contribution in [2.24, 2.45) is 0 Å². The fraction of sp³-hybridized carbons (Fsp3) is 0.0952. The molecule has 0 bridgehead atoms. The maximum atomic E-state index is 13.5. The third-order valence-corrected chi connectivity index (χ3v) is 6.28. The lowest BCUT2D eigenvalue weighted by molar-refractivity contribution is 0.0971. The number of carbonyl (C=O) groups excluding carboxylic acids is 1. The third kappa shape index (κ3) is 2.82. The number of benzene rings is 2. The fourth-order valence-corrected chi connectivity index (χ4v) is 4.74. The first-order valence-corrected chi connectivity index (χ1v) is 10.4. The molecule has 2 aromatic carbocycles. The molecule has 8 heteroatoms. The summed E-state index contributed by atoms with van der Waals surface area (Å²) in [6, 6.07) is 10.1. The van der Waals surface area contributed by atoms with Gasteiger partial charge in [0.2, 0.25) is 5.76 Å². The average Bonchev–Trinajstić information content (AvgIpc) is 3.25. The van der Waals surface area contributed by atoms with Crippen molar-refractivity contribution in [1.82, 2.24) is 4.98 Å². The fourth-order valence-electron chi connectivity index (χ4n) is 3.56. The van der Waals surface area contributed by atoms with Gasteiger partial charge in [-0.3, -0.25) is 14.5 Å². The van der Waals surface area contributed by atoms with Crippen LogP contribution in [0.2, 0.25) is 0 Å². The lowest BCUT2D eigenvalue weighted by Crippen LogP contribution is -2.29. The maximum Gasteiger partial charge on any atom is 0.297 e. The van der Waals surface area contributed by atoms with E-state index in [0.29, 0.717) is 21.7 Å². The van der Waals surface area contributed by atoms with E-state index in [0.717, 1.165) is 10.2 Å². The Morgan fingerprint density at radius 2 is 1.93 bits per heavy atom. The van der Waals surface area contributed by atoms with Crippen LogP contribution in [-0.2, 0) is 0 Å². The van der Waals surface area contributed by atoms with Gasteiger partial charge in [-0.1, -0.05) is 28.1 Å². The molecule has 2 aromatic heterocycles. The van der Waals surface area contributed by atoms with E-state index in [-0.39, 0.29) is 16.8 Å². The highest BCUT2D eigenvalue weighted by molar-refractivity contribution is 9.10. The molecule has 1 atom stereocenters. The first kappa shape index (κ1) is 18.2. The number of nitrogens with zero attached hydrogens (tertiary/aromatic N) is 2. The quantitative estimate of drug-likeness (QED) is 0.403. The van der Waals surface area contributed by atoms with Gasteiger partial charge in [-0.15, -0.1) is 11.3 Å². The van der Waals surface area contributed by atoms with Gasteiger partial charge < -0.3 is 4.42 Å². The molecule has 0 radical (unpaired) electrons. The summed E-state index contributed by atoms with van der Waals surface area (Å²) < 4.78 is 20.1. The molecular formula is C21H12BrFN2O3S. The van der Waals surface area contributed by atoms with E-state index < -0.39 is 17.8 Å². The maximum absolute atomic E-state index is 13.5. The number of aryl methyl sites for hydroxylation is 1. The Balaban J connectivity index is 1.83. The predicted octanol–water partition coefficient (Wildman–Crippen LogP) is 5.21. The lowest BCUT2D eigenvalue weighted by Gasteiger charge is -2.22. The number of fused-ring (bicyclic) bond motifs is 2. The van der Waals surface area contributed by atoms with Gasteiger partial charge in [0.1, 0.15) is 11.4 Å². The van der Waals surface area contributed by atoms with E-state index in [1.54, 1.807) is 30.3 Å². The Hall–Kier alpha value is -2.84. The highest BCUT2D eigenvalue weighted by Gasteiger charge is 2.44. The minimum absolute atomic E-state index is 0.00741. The topological polar surface area (TPSA) is 63.4 Å². The van der Waals surface area contributed by atoms with E-state index in [1.807, 2.05) is 12.3 Å². The van der Waals surface area contributed by atoms with Crippen LogP contribution in [0.4, 0.5) is 9.52 Å². The molecule has 0 fully saturated rings. The van der Waals surface area contributed by atoms with Gasteiger partial charge in [-0.05, 0) is 42.8 Å². The second-order valence-corrected chi connectivity index (χ2v) is 8.47. The van der Waals surface area contributed by atoms with Crippen LogP contribution in [0.1, 0.15) is 33.4 Å². The molecule has 3 heterocycles. The SMILES string of the molecule is Cc1csc(N2C(=O)c3oc4ccc(Br)cc4c(=O)c3[C@H]2c2ccc(F)cc2)n1. The summed E-state index contributed by atoms with van der Waals surface area (Å²) in [5.41, 5.74) is 1.65. The molecule has 5 rings (SSSR count). The summed E-state index contributed by atoms with van der Waals surface area (Å²) >= 11 is 4.67. The van der Waals surface area contributed by atoms with Crippen molar-refractivity contribution in [3.05, 3.63) is 90.9 Å². The van der Waals surface area contributed by atoms with Crippen molar-refractivity contribution in [3.8, 4) is 0 Å². The Morgan fingerprint density at radius 1 is 1.17 bits per heavy atom. The Bertz CT molecular complexity index is 1350. The molecule has 0 N–H and O–H groups in total. The average molecular weight is 471 g/mol. The van der Waals surface area contributed by atoms with Gasteiger partial charge in [0.05, 0.1) is 22.7 Å². The van der Waals surface area contributed by atoms with Crippen molar-refractivity contribution in [1.29, 1.82) is 0 Å². The highest BCUT2D eigenvalue weighted by Crippen LogP contribution is 2.42. The number of thiazole rings is 1. The van der Waals surface area contributed by atoms with Crippen LogP contribution in [0.5, 0.6) is 0 Å². The molecule has 144 valence electrons. The van der Waals surface area contributed by atoms with E-state index in [1.165, 1.54) is 28.4 Å². The van der Waals surface area contributed by atoms with Crippen LogP contribution in [-0.4, -0.2) is 10.9 Å². The number of hydrogen-bond donors (Lipinski definition) is 0. The summed E-state index contributed by atoms with van der Waals surface area (Å²) in [4.78, 5) is 32.6. The number of hydrogen-bond acceptors (Lipinski definition) is 5. The number of amides is 1. The van der Waals surface area contributed by atoms with Crippen LogP contribution in [0.15, 0.2) is 61.5 Å². The van der Waals surface area contributed by atoms with Crippen LogP contribution in [0.25, 0.3) is 11.0 Å². The molecule has 0 aliphatic carbocycles. The molecule has 1 aliphatic heterocycles. The Kier molecular flexibility index (Phi) is 4.15. The molecule has 5 nitrogen and oxygen atoms in total. The summed E-state index contributed by atoms with van der Waals surface area (Å²) in [5.74, 6) is -0.845. The molecule has 1 amide bonds. The van der Waals surface area contributed by atoms with Crippen molar-refractivity contribution in [2.75, 3.05) is 4.90 Å². The smallest absolute Gasteiger partial charge is 0.297 e. The summed E-state index contributed by atoms with van der Waals surface area (Å²) in [6.45, 7) is 1.83. The molecule has 4 aromatic rings. The predicted molar refractivity (Wildman–Crippen MR) is 112 cm³/mol. The Labute approximate surface area is 176 Å². The van der Waals surface area contributed by atoms with Gasteiger partial charge in [0, 0.05) is 9.85 Å². The minimum Gasteiger partial charge on any atom is -0.450 e. The zero-order chi connectivity index (χ0) is 20.3. The largest absolute Gasteiger partial charge is 0.450 e. The zero-order valence-electron chi connectivity index (χ0n) is 15.0.